The van der Waals surface area contributed by atoms with E-state index in [2.05, 4.69) is 20.5 Å². The van der Waals surface area contributed by atoms with Gasteiger partial charge in [-0.1, -0.05) is 12.1 Å². The zero-order valence-corrected chi connectivity index (χ0v) is 12.3. The number of aromatic nitrogens is 2. The lowest BCUT2D eigenvalue weighted by atomic mass is 10.2. The number of hydrazone groups is 1. The highest BCUT2D eigenvalue weighted by Crippen LogP contribution is 2.23. The van der Waals surface area contributed by atoms with Crippen molar-refractivity contribution in [1.82, 2.24) is 9.97 Å². The molecule has 2 aromatic carbocycles. The number of hydrogen-bond acceptors (Lipinski definition) is 5. The van der Waals surface area contributed by atoms with Crippen molar-refractivity contribution in [2.24, 2.45) is 5.10 Å². The fraction of sp³-hybridized carbons (Fsp3) is 0.125. The fourth-order valence-electron chi connectivity index (χ4n) is 2.09. The Balaban J connectivity index is 1.76. The van der Waals surface area contributed by atoms with Crippen LogP contribution in [0.3, 0.4) is 0 Å². The number of methoxy groups -OCH3 is 2. The summed E-state index contributed by atoms with van der Waals surface area (Å²) in [6, 6.07) is 13.3. The van der Waals surface area contributed by atoms with Gasteiger partial charge in [-0.2, -0.15) is 5.10 Å². The number of H-pyrrole nitrogens is 1. The van der Waals surface area contributed by atoms with Gasteiger partial charge in [-0.05, 0) is 24.3 Å². The number of para-hydroxylation sites is 2. The van der Waals surface area contributed by atoms with Crippen LogP contribution in [0.4, 0.5) is 5.95 Å². The summed E-state index contributed by atoms with van der Waals surface area (Å²) in [5, 5.41) is 4.18. The van der Waals surface area contributed by atoms with Crippen LogP contribution in [0.1, 0.15) is 5.56 Å². The van der Waals surface area contributed by atoms with Gasteiger partial charge in [0.1, 0.15) is 11.5 Å². The van der Waals surface area contributed by atoms with Crippen LogP contribution >= 0.6 is 0 Å². The van der Waals surface area contributed by atoms with Crippen molar-refractivity contribution in [3.05, 3.63) is 48.0 Å². The molecule has 3 aromatic rings. The molecule has 2 N–H and O–H groups in total. The lowest BCUT2D eigenvalue weighted by Gasteiger charge is -2.06. The van der Waals surface area contributed by atoms with Gasteiger partial charge in [-0.25, -0.2) is 10.4 Å². The van der Waals surface area contributed by atoms with E-state index in [0.717, 1.165) is 22.3 Å². The largest absolute Gasteiger partial charge is 0.497 e. The summed E-state index contributed by atoms with van der Waals surface area (Å²) in [5.41, 5.74) is 5.57. The Morgan fingerprint density at radius 2 is 2.00 bits per heavy atom. The molecule has 6 heteroatoms. The van der Waals surface area contributed by atoms with Gasteiger partial charge in [0.15, 0.2) is 0 Å². The van der Waals surface area contributed by atoms with E-state index < -0.39 is 0 Å². The minimum Gasteiger partial charge on any atom is -0.497 e. The van der Waals surface area contributed by atoms with E-state index in [4.69, 9.17) is 9.47 Å². The number of imidazole rings is 1. The van der Waals surface area contributed by atoms with E-state index in [1.807, 2.05) is 42.5 Å². The Bertz CT molecular complexity index is 778. The van der Waals surface area contributed by atoms with Gasteiger partial charge < -0.3 is 14.5 Å². The van der Waals surface area contributed by atoms with Gasteiger partial charge in [0.05, 0.1) is 31.5 Å². The molecule has 0 aliphatic carbocycles. The maximum absolute atomic E-state index is 5.32. The van der Waals surface area contributed by atoms with Crippen LogP contribution in [0.15, 0.2) is 47.6 Å². The summed E-state index contributed by atoms with van der Waals surface area (Å²) < 4.78 is 10.5. The van der Waals surface area contributed by atoms with Crippen molar-refractivity contribution in [1.29, 1.82) is 0 Å². The number of nitrogens with zero attached hydrogens (tertiary/aromatic N) is 2. The fourth-order valence-corrected chi connectivity index (χ4v) is 2.09. The number of ether oxygens (including phenoxy) is 2. The van der Waals surface area contributed by atoms with Crippen molar-refractivity contribution in [2.75, 3.05) is 19.6 Å². The first-order valence-electron chi connectivity index (χ1n) is 6.76. The Morgan fingerprint density at radius 1 is 1.14 bits per heavy atom. The molecule has 22 heavy (non-hydrogen) atoms. The number of nitrogens with one attached hydrogen (secondary N) is 2. The van der Waals surface area contributed by atoms with E-state index in [0.29, 0.717) is 11.7 Å². The molecular formula is C16H16N4O2. The average Bonchev–Trinajstić information content (AvgIpc) is 2.97. The molecule has 0 aliphatic heterocycles. The highest BCUT2D eigenvalue weighted by atomic mass is 16.5. The maximum Gasteiger partial charge on any atom is 0.222 e. The van der Waals surface area contributed by atoms with Crippen LogP contribution in [0, 0.1) is 0 Å². The van der Waals surface area contributed by atoms with E-state index in [9.17, 15) is 0 Å². The van der Waals surface area contributed by atoms with Gasteiger partial charge >= 0.3 is 0 Å². The number of benzene rings is 2. The summed E-state index contributed by atoms with van der Waals surface area (Å²) in [7, 11) is 3.23. The molecule has 3 rings (SSSR count). The predicted octanol–water partition coefficient (Wildman–Crippen LogP) is 3.03. The smallest absolute Gasteiger partial charge is 0.222 e. The first-order valence-corrected chi connectivity index (χ1v) is 6.76. The first-order chi connectivity index (χ1) is 10.8. The number of rotatable bonds is 5. The first kappa shape index (κ1) is 13.9. The molecular weight excluding hydrogens is 280 g/mol. The summed E-state index contributed by atoms with van der Waals surface area (Å²) in [5.74, 6) is 2.01. The lowest BCUT2D eigenvalue weighted by molar-refractivity contribution is 0.394. The van der Waals surface area contributed by atoms with Crippen LogP contribution < -0.4 is 14.9 Å². The topological polar surface area (TPSA) is 71.5 Å². The van der Waals surface area contributed by atoms with Gasteiger partial charge in [-0.3, -0.25) is 0 Å². The summed E-state index contributed by atoms with van der Waals surface area (Å²) in [4.78, 5) is 7.52. The Morgan fingerprint density at radius 3 is 2.77 bits per heavy atom. The molecule has 1 heterocycles. The maximum atomic E-state index is 5.32. The zero-order chi connectivity index (χ0) is 15.4. The molecule has 1 aromatic heterocycles. The van der Waals surface area contributed by atoms with Crippen LogP contribution in [0.25, 0.3) is 11.0 Å². The number of fused-ring (bicyclic) bond motifs is 1. The minimum atomic E-state index is 0.588. The normalized spacial score (nSPS) is 11.0. The van der Waals surface area contributed by atoms with Crippen molar-refractivity contribution < 1.29 is 9.47 Å². The third-order valence-electron chi connectivity index (χ3n) is 3.20. The SMILES string of the molecule is COc1ccc(/C=N/Nc2nc3ccccc3[nH]2)c(OC)c1. The molecule has 0 amide bonds. The van der Waals surface area contributed by atoms with Gasteiger partial charge in [0.2, 0.25) is 5.95 Å². The molecule has 0 bridgehead atoms. The molecule has 0 saturated heterocycles. The van der Waals surface area contributed by atoms with E-state index in [1.165, 1.54) is 0 Å². The molecule has 0 atom stereocenters. The molecule has 0 unspecified atom stereocenters. The van der Waals surface area contributed by atoms with Crippen LogP contribution in [0.2, 0.25) is 0 Å². The Labute approximate surface area is 127 Å². The van der Waals surface area contributed by atoms with E-state index in [1.54, 1.807) is 20.4 Å². The summed E-state index contributed by atoms with van der Waals surface area (Å²) in [6.45, 7) is 0. The molecule has 0 fully saturated rings. The van der Waals surface area contributed by atoms with Crippen molar-refractivity contribution in [3.8, 4) is 11.5 Å². The highest BCUT2D eigenvalue weighted by molar-refractivity contribution is 5.84. The molecule has 0 radical (unpaired) electrons. The Kier molecular flexibility index (Phi) is 3.91. The third kappa shape index (κ3) is 2.85. The van der Waals surface area contributed by atoms with Crippen LogP contribution in [0.5, 0.6) is 11.5 Å². The molecule has 0 saturated carbocycles. The second-order valence-corrected chi connectivity index (χ2v) is 4.58. The van der Waals surface area contributed by atoms with E-state index >= 15 is 0 Å². The number of hydrogen-bond donors (Lipinski definition) is 2. The van der Waals surface area contributed by atoms with Crippen LogP contribution in [-0.4, -0.2) is 30.4 Å². The average molecular weight is 296 g/mol. The monoisotopic (exact) mass is 296 g/mol. The van der Waals surface area contributed by atoms with Crippen LogP contribution in [-0.2, 0) is 0 Å². The lowest BCUT2D eigenvalue weighted by Crippen LogP contribution is -1.95. The second-order valence-electron chi connectivity index (χ2n) is 4.58. The third-order valence-corrected chi connectivity index (χ3v) is 3.20. The van der Waals surface area contributed by atoms with Gasteiger partial charge in [0, 0.05) is 11.6 Å². The van der Waals surface area contributed by atoms with Crippen molar-refractivity contribution in [2.45, 2.75) is 0 Å². The predicted molar refractivity (Wildman–Crippen MR) is 86.9 cm³/mol. The number of aromatic amines is 1. The zero-order valence-electron chi connectivity index (χ0n) is 12.3. The highest BCUT2D eigenvalue weighted by Gasteiger charge is 2.03. The Hall–Kier alpha value is -3.02. The molecule has 0 spiro atoms. The van der Waals surface area contributed by atoms with Crippen molar-refractivity contribution in [3.63, 3.8) is 0 Å². The summed E-state index contributed by atoms with van der Waals surface area (Å²) in [6.07, 6.45) is 1.67. The molecule has 6 nitrogen and oxygen atoms in total. The summed E-state index contributed by atoms with van der Waals surface area (Å²) >= 11 is 0. The van der Waals surface area contributed by atoms with Crippen molar-refractivity contribution >= 4 is 23.2 Å². The van der Waals surface area contributed by atoms with E-state index in [-0.39, 0.29) is 0 Å². The second kappa shape index (κ2) is 6.17. The quantitative estimate of drug-likeness (QED) is 0.561. The van der Waals surface area contributed by atoms with Gasteiger partial charge in [-0.15, -0.1) is 0 Å². The number of anilines is 1. The van der Waals surface area contributed by atoms with Gasteiger partial charge in [0.25, 0.3) is 0 Å². The minimum absolute atomic E-state index is 0.588. The molecule has 0 aliphatic rings. The standard InChI is InChI=1S/C16H16N4O2/c1-21-12-8-7-11(15(9-12)22-2)10-17-20-16-18-13-5-3-4-6-14(13)19-16/h3-10H,1-2H3,(H2,18,19,20)/b17-10+. The molecule has 112 valence electrons.